The second kappa shape index (κ2) is 8.81. The zero-order chi connectivity index (χ0) is 16.7. The molecule has 0 saturated carbocycles. The Kier molecular flexibility index (Phi) is 6.76. The van der Waals surface area contributed by atoms with Gasteiger partial charge in [0.05, 0.1) is 24.2 Å². The summed E-state index contributed by atoms with van der Waals surface area (Å²) in [6.45, 7) is 1.10. The van der Waals surface area contributed by atoms with Crippen molar-refractivity contribution in [3.8, 4) is 0 Å². The number of halogens is 1. The number of anilines is 1. The molecule has 7 heteroatoms. The number of rotatable bonds is 7. The zero-order valence-corrected chi connectivity index (χ0v) is 15.2. The van der Waals surface area contributed by atoms with Crippen LogP contribution in [0.25, 0.3) is 0 Å². The van der Waals surface area contributed by atoms with Crippen molar-refractivity contribution in [2.45, 2.75) is 6.54 Å². The minimum absolute atomic E-state index is 0.0353. The molecule has 1 heterocycles. The number of quaternary nitrogens is 1. The predicted molar refractivity (Wildman–Crippen MR) is 95.6 cm³/mol. The smallest absolute Gasteiger partial charge is 0.275 e. The van der Waals surface area contributed by atoms with E-state index >= 15 is 0 Å². The van der Waals surface area contributed by atoms with E-state index in [2.05, 4.69) is 32.6 Å². The van der Waals surface area contributed by atoms with Crippen molar-refractivity contribution in [3.05, 3.63) is 51.1 Å². The van der Waals surface area contributed by atoms with Gasteiger partial charge in [0.2, 0.25) is 5.91 Å². The summed E-state index contributed by atoms with van der Waals surface area (Å²) in [6, 6.07) is 11.4. The molecule has 0 bridgehead atoms. The van der Waals surface area contributed by atoms with Crippen LogP contribution in [-0.2, 0) is 16.1 Å². The van der Waals surface area contributed by atoms with Gasteiger partial charge in [-0.1, -0.05) is 18.2 Å². The Morgan fingerprint density at radius 1 is 1.17 bits per heavy atom. The third-order valence-electron chi connectivity index (χ3n) is 3.11. The van der Waals surface area contributed by atoms with Crippen molar-refractivity contribution in [1.82, 2.24) is 5.32 Å². The Bertz CT molecular complexity index is 661. The molecule has 0 aliphatic rings. The predicted octanol–water partition coefficient (Wildman–Crippen LogP) is 1.28. The van der Waals surface area contributed by atoms with Crippen LogP contribution in [0.3, 0.4) is 0 Å². The van der Waals surface area contributed by atoms with E-state index in [9.17, 15) is 9.59 Å². The molecule has 3 N–H and O–H groups in total. The van der Waals surface area contributed by atoms with Crippen LogP contribution >= 0.6 is 27.3 Å². The van der Waals surface area contributed by atoms with Crippen LogP contribution in [0.15, 0.2) is 46.3 Å². The fraction of sp³-hybridized carbons (Fsp3) is 0.250. The van der Waals surface area contributed by atoms with E-state index in [1.54, 1.807) is 17.4 Å². The van der Waals surface area contributed by atoms with Gasteiger partial charge in [-0.15, -0.1) is 11.3 Å². The lowest BCUT2D eigenvalue weighted by molar-refractivity contribution is -0.885. The lowest BCUT2D eigenvalue weighted by Gasteiger charge is -2.13. The van der Waals surface area contributed by atoms with E-state index in [0.717, 1.165) is 15.9 Å². The molecular formula is C16H19BrN3O2S+. The molecule has 0 fully saturated rings. The first-order chi connectivity index (χ1) is 11.0. The Hall–Kier alpha value is -1.70. The number of carbonyl (C=O) groups is 2. The number of amides is 2. The number of likely N-dealkylation sites (N-methyl/N-ethyl adjacent to an activating group) is 1. The number of hydrogen-bond acceptors (Lipinski definition) is 3. The van der Waals surface area contributed by atoms with Gasteiger partial charge in [0.15, 0.2) is 6.54 Å². The number of para-hydroxylation sites is 1. The normalized spacial score (nSPS) is 11.7. The van der Waals surface area contributed by atoms with Crippen LogP contribution in [-0.4, -0.2) is 32.0 Å². The summed E-state index contributed by atoms with van der Waals surface area (Å²) < 4.78 is 0.805. The lowest BCUT2D eigenvalue weighted by Crippen LogP contribution is -3.08. The van der Waals surface area contributed by atoms with E-state index < -0.39 is 0 Å². The van der Waals surface area contributed by atoms with Gasteiger partial charge in [-0.05, 0) is 39.5 Å². The molecule has 23 heavy (non-hydrogen) atoms. The van der Waals surface area contributed by atoms with Crippen LogP contribution in [0, 0.1) is 0 Å². The highest BCUT2D eigenvalue weighted by molar-refractivity contribution is 9.10. The van der Waals surface area contributed by atoms with Crippen molar-refractivity contribution in [2.24, 2.45) is 0 Å². The summed E-state index contributed by atoms with van der Waals surface area (Å²) in [5.74, 6) is -0.387. The van der Waals surface area contributed by atoms with Gasteiger partial charge in [-0.25, -0.2) is 0 Å². The molecule has 1 aromatic carbocycles. The van der Waals surface area contributed by atoms with Crippen LogP contribution < -0.4 is 15.5 Å². The monoisotopic (exact) mass is 396 g/mol. The molecule has 0 aliphatic heterocycles. The lowest BCUT2D eigenvalue weighted by atomic mass is 10.3. The third-order valence-corrected chi connectivity index (χ3v) is 4.68. The van der Waals surface area contributed by atoms with Gasteiger partial charge in [0.1, 0.15) is 6.54 Å². The maximum Gasteiger partial charge on any atom is 0.275 e. The topological polar surface area (TPSA) is 62.6 Å². The highest BCUT2D eigenvalue weighted by atomic mass is 79.9. The van der Waals surface area contributed by atoms with E-state index in [1.165, 1.54) is 4.88 Å². The Balaban J connectivity index is 1.71. The summed E-state index contributed by atoms with van der Waals surface area (Å²) in [4.78, 5) is 26.1. The second-order valence-corrected chi connectivity index (χ2v) is 7.08. The van der Waals surface area contributed by atoms with Gasteiger partial charge < -0.3 is 15.5 Å². The number of benzene rings is 1. The van der Waals surface area contributed by atoms with Gasteiger partial charge in [-0.3, -0.25) is 9.59 Å². The zero-order valence-electron chi connectivity index (χ0n) is 12.8. The van der Waals surface area contributed by atoms with Crippen molar-refractivity contribution >= 4 is 44.8 Å². The highest BCUT2D eigenvalue weighted by Crippen LogP contribution is 2.20. The van der Waals surface area contributed by atoms with Crippen molar-refractivity contribution in [3.63, 3.8) is 0 Å². The summed E-state index contributed by atoms with van der Waals surface area (Å²) >= 11 is 5.04. The summed E-state index contributed by atoms with van der Waals surface area (Å²) in [7, 11) is 1.96. The van der Waals surface area contributed by atoms with Crippen LogP contribution in [0.2, 0.25) is 0 Å². The third kappa shape index (κ3) is 6.13. The van der Waals surface area contributed by atoms with Crippen molar-refractivity contribution < 1.29 is 14.5 Å². The molecule has 0 radical (unpaired) electrons. The average molecular weight is 397 g/mol. The van der Waals surface area contributed by atoms with Crippen LogP contribution in [0.1, 0.15) is 4.88 Å². The van der Waals surface area contributed by atoms with E-state index in [-0.39, 0.29) is 18.4 Å². The molecule has 2 amide bonds. The number of thiophene rings is 1. The quantitative estimate of drug-likeness (QED) is 0.659. The van der Waals surface area contributed by atoms with Crippen LogP contribution in [0.5, 0.6) is 0 Å². The Labute approximate surface area is 147 Å². The minimum Gasteiger partial charge on any atom is -0.342 e. The van der Waals surface area contributed by atoms with E-state index in [4.69, 9.17) is 0 Å². The number of nitrogens with one attached hydrogen (secondary N) is 3. The molecule has 0 spiro atoms. The molecule has 0 saturated heterocycles. The SMILES string of the molecule is C[NH+](CC(=O)NCC(=O)Nc1ccccc1Br)Cc1cccs1. The van der Waals surface area contributed by atoms with E-state index in [0.29, 0.717) is 12.2 Å². The molecule has 1 aromatic heterocycles. The molecule has 0 aliphatic carbocycles. The Morgan fingerprint density at radius 2 is 1.96 bits per heavy atom. The van der Waals surface area contributed by atoms with Gasteiger partial charge in [-0.2, -0.15) is 0 Å². The highest BCUT2D eigenvalue weighted by Gasteiger charge is 2.12. The molecule has 2 aromatic rings. The molecule has 1 atom stereocenters. The first-order valence-corrected chi connectivity index (χ1v) is 8.86. The average Bonchev–Trinajstić information content (AvgIpc) is 3.00. The van der Waals surface area contributed by atoms with Gasteiger partial charge >= 0.3 is 0 Å². The standard InChI is InChI=1S/C16H18BrN3O2S/c1-20(10-12-5-4-8-23-12)11-16(22)18-9-15(21)19-14-7-3-2-6-13(14)17/h2-8H,9-11H2,1H3,(H,18,22)(H,19,21)/p+1. The second-order valence-electron chi connectivity index (χ2n) is 5.19. The fourth-order valence-electron chi connectivity index (χ4n) is 2.05. The fourth-order valence-corrected chi connectivity index (χ4v) is 3.25. The van der Waals surface area contributed by atoms with Gasteiger partial charge in [0.25, 0.3) is 5.91 Å². The maximum absolute atomic E-state index is 11.9. The summed E-state index contributed by atoms with van der Waals surface area (Å²) in [5.41, 5.74) is 0.687. The van der Waals surface area contributed by atoms with E-state index in [1.807, 2.05) is 36.7 Å². The Morgan fingerprint density at radius 3 is 2.65 bits per heavy atom. The number of hydrogen-bond donors (Lipinski definition) is 3. The van der Waals surface area contributed by atoms with Gasteiger partial charge in [0, 0.05) is 4.47 Å². The molecule has 2 rings (SSSR count). The van der Waals surface area contributed by atoms with Crippen molar-refractivity contribution in [2.75, 3.05) is 25.5 Å². The maximum atomic E-state index is 11.9. The van der Waals surface area contributed by atoms with Crippen molar-refractivity contribution in [1.29, 1.82) is 0 Å². The number of carbonyl (C=O) groups excluding carboxylic acids is 2. The molecule has 1 unspecified atom stereocenters. The first kappa shape index (κ1) is 17.7. The van der Waals surface area contributed by atoms with Crippen LogP contribution in [0.4, 0.5) is 5.69 Å². The summed E-state index contributed by atoms with van der Waals surface area (Å²) in [6.07, 6.45) is 0. The minimum atomic E-state index is -0.249. The molecular weight excluding hydrogens is 378 g/mol. The first-order valence-electron chi connectivity index (χ1n) is 7.19. The molecule has 122 valence electrons. The molecule has 5 nitrogen and oxygen atoms in total. The summed E-state index contributed by atoms with van der Waals surface area (Å²) in [5, 5.41) is 7.42. The largest absolute Gasteiger partial charge is 0.342 e.